The van der Waals surface area contributed by atoms with Crippen LogP contribution in [0.15, 0.2) is 0 Å². The van der Waals surface area contributed by atoms with Crippen molar-refractivity contribution in [1.29, 1.82) is 0 Å². The van der Waals surface area contributed by atoms with Crippen molar-refractivity contribution in [3.8, 4) is 0 Å². The summed E-state index contributed by atoms with van der Waals surface area (Å²) in [5, 5.41) is 16.1. The van der Waals surface area contributed by atoms with Gasteiger partial charge in [0, 0.05) is 12.3 Å². The van der Waals surface area contributed by atoms with E-state index in [1.54, 1.807) is 27.7 Å². The lowest BCUT2D eigenvalue weighted by Gasteiger charge is -1.97. The molecule has 0 aromatic rings. The number of hydrogen-bond acceptors (Lipinski definition) is 4. The molecule has 0 saturated heterocycles. The molecule has 0 amide bonds. The van der Waals surface area contributed by atoms with Gasteiger partial charge in [-0.3, -0.25) is 9.59 Å². The number of hydrogen-bond donors (Lipinski definition) is 2. The zero-order valence-electron chi connectivity index (χ0n) is 10.4. The maximum atomic E-state index is 10.4. The number of Topliss-reactive ketones (excluding diaryl/α,β-unsaturated/α-hetero) is 2. The third kappa shape index (κ3) is 10.6. The molecule has 0 bridgehead atoms. The predicted octanol–water partition coefficient (Wildman–Crippen LogP) is 0.982. The molecule has 0 atom stereocenters. The highest BCUT2D eigenvalue weighted by Crippen LogP contribution is 1.99. The Morgan fingerprint density at radius 3 is 1.35 bits per heavy atom. The average molecular weight is 246 g/mol. The molecule has 0 saturated carbocycles. The van der Waals surface area contributed by atoms with Crippen LogP contribution in [0.1, 0.15) is 34.1 Å². The van der Waals surface area contributed by atoms with Gasteiger partial charge >= 0.3 is 11.9 Å². The van der Waals surface area contributed by atoms with E-state index in [1.165, 1.54) is 0 Å². The Morgan fingerprint density at radius 2 is 1.29 bits per heavy atom. The smallest absolute Gasteiger partial charge is 0.372 e. The zero-order chi connectivity index (χ0) is 14.2. The van der Waals surface area contributed by atoms with E-state index in [2.05, 4.69) is 0 Å². The van der Waals surface area contributed by atoms with Gasteiger partial charge in [-0.1, -0.05) is 27.7 Å². The first-order valence-corrected chi connectivity index (χ1v) is 5.12. The Bertz CT molecular complexity index is 303. The predicted molar refractivity (Wildman–Crippen MR) is 59.6 cm³/mol. The highest BCUT2D eigenvalue weighted by Gasteiger charge is 2.14. The van der Waals surface area contributed by atoms with E-state index < -0.39 is 29.4 Å². The van der Waals surface area contributed by atoms with Crippen molar-refractivity contribution in [2.24, 2.45) is 11.8 Å². The Hall–Kier alpha value is -1.72. The lowest BCUT2D eigenvalue weighted by molar-refractivity contribution is -0.150. The maximum absolute atomic E-state index is 10.4. The minimum absolute atomic E-state index is 0.133. The van der Waals surface area contributed by atoms with Crippen LogP contribution >= 0.6 is 0 Å². The van der Waals surface area contributed by atoms with Gasteiger partial charge in [0.25, 0.3) is 0 Å². The van der Waals surface area contributed by atoms with E-state index in [0.29, 0.717) is 0 Å². The minimum atomic E-state index is -1.35. The van der Waals surface area contributed by atoms with E-state index >= 15 is 0 Å². The van der Waals surface area contributed by atoms with Crippen LogP contribution in [-0.4, -0.2) is 33.7 Å². The SMILES string of the molecule is CC(C)C(=O)C(=O)O.CC(C)CC(=O)C(=O)O. The van der Waals surface area contributed by atoms with Crippen LogP contribution in [0, 0.1) is 11.8 Å². The molecule has 98 valence electrons. The fraction of sp³-hybridized carbons (Fsp3) is 0.636. The van der Waals surface area contributed by atoms with Crippen molar-refractivity contribution >= 4 is 23.5 Å². The first-order chi connectivity index (χ1) is 7.59. The van der Waals surface area contributed by atoms with Gasteiger partial charge < -0.3 is 10.2 Å². The van der Waals surface area contributed by atoms with Crippen LogP contribution in [0.4, 0.5) is 0 Å². The van der Waals surface area contributed by atoms with Crippen LogP contribution < -0.4 is 0 Å². The van der Waals surface area contributed by atoms with E-state index in [4.69, 9.17) is 10.2 Å². The summed E-state index contributed by atoms with van der Waals surface area (Å²) in [5.74, 6) is -4.38. The van der Waals surface area contributed by atoms with Gasteiger partial charge in [-0.15, -0.1) is 0 Å². The van der Waals surface area contributed by atoms with Crippen molar-refractivity contribution in [2.45, 2.75) is 34.1 Å². The summed E-state index contributed by atoms with van der Waals surface area (Å²) in [6, 6.07) is 0. The average Bonchev–Trinajstić information content (AvgIpc) is 2.15. The molecule has 0 heterocycles. The molecule has 0 aliphatic heterocycles. The second-order valence-electron chi connectivity index (χ2n) is 4.15. The second-order valence-corrected chi connectivity index (χ2v) is 4.15. The topological polar surface area (TPSA) is 109 Å². The van der Waals surface area contributed by atoms with Crippen molar-refractivity contribution in [3.63, 3.8) is 0 Å². The number of carboxylic acid groups (broad SMARTS) is 2. The third-order valence-corrected chi connectivity index (χ3v) is 1.57. The number of carboxylic acids is 2. The molecule has 6 nitrogen and oxygen atoms in total. The summed E-state index contributed by atoms with van der Waals surface area (Å²) in [7, 11) is 0. The standard InChI is InChI=1S/C6H10O3.C5H8O3/c1-4(2)3-5(7)6(8)9;1-3(2)4(6)5(7)8/h4H,3H2,1-2H3,(H,8,9);3H,1-2H3,(H,7,8). The van der Waals surface area contributed by atoms with Crippen molar-refractivity contribution in [3.05, 3.63) is 0 Å². The second kappa shape index (κ2) is 8.43. The lowest BCUT2D eigenvalue weighted by Crippen LogP contribution is -2.18. The Morgan fingerprint density at radius 1 is 0.882 bits per heavy atom. The van der Waals surface area contributed by atoms with Crippen LogP contribution in [0.25, 0.3) is 0 Å². The van der Waals surface area contributed by atoms with Gasteiger partial charge in [-0.2, -0.15) is 0 Å². The molecule has 2 N–H and O–H groups in total. The minimum Gasteiger partial charge on any atom is -0.476 e. The van der Waals surface area contributed by atoms with E-state index in [-0.39, 0.29) is 12.3 Å². The van der Waals surface area contributed by atoms with Gasteiger partial charge in [0.05, 0.1) is 0 Å². The molecule has 0 fully saturated rings. The van der Waals surface area contributed by atoms with Gasteiger partial charge in [-0.05, 0) is 5.92 Å². The molecular formula is C11H18O6. The quantitative estimate of drug-likeness (QED) is 0.700. The molecule has 0 spiro atoms. The third-order valence-electron chi connectivity index (χ3n) is 1.57. The van der Waals surface area contributed by atoms with Crippen LogP contribution in [0.5, 0.6) is 0 Å². The van der Waals surface area contributed by atoms with Gasteiger partial charge in [0.1, 0.15) is 0 Å². The monoisotopic (exact) mass is 246 g/mol. The van der Waals surface area contributed by atoms with Crippen LogP contribution in [-0.2, 0) is 19.2 Å². The molecule has 17 heavy (non-hydrogen) atoms. The molecule has 0 aliphatic rings. The summed E-state index contributed by atoms with van der Waals surface area (Å²) in [5.41, 5.74) is 0. The van der Waals surface area contributed by atoms with Gasteiger partial charge in [-0.25, -0.2) is 9.59 Å². The molecular weight excluding hydrogens is 228 g/mol. The molecule has 0 aliphatic carbocycles. The largest absolute Gasteiger partial charge is 0.476 e. The number of carbonyl (C=O) groups excluding carboxylic acids is 2. The molecule has 0 aromatic carbocycles. The zero-order valence-corrected chi connectivity index (χ0v) is 10.4. The highest BCUT2D eigenvalue weighted by atomic mass is 16.4. The summed E-state index contributed by atoms with van der Waals surface area (Å²) in [6.07, 6.45) is 0.134. The first kappa shape index (κ1) is 17.7. The molecule has 0 radical (unpaired) electrons. The Balaban J connectivity index is 0. The summed E-state index contributed by atoms with van der Waals surface area (Å²) < 4.78 is 0. The van der Waals surface area contributed by atoms with E-state index in [1.807, 2.05) is 0 Å². The number of ketones is 2. The van der Waals surface area contributed by atoms with Crippen LogP contribution in [0.2, 0.25) is 0 Å². The summed E-state index contributed by atoms with van der Waals surface area (Å²) in [4.78, 5) is 40.3. The van der Waals surface area contributed by atoms with E-state index in [9.17, 15) is 19.2 Å². The summed E-state index contributed by atoms with van der Waals surface area (Å²) >= 11 is 0. The number of rotatable bonds is 5. The van der Waals surface area contributed by atoms with Gasteiger partial charge in [0.2, 0.25) is 11.6 Å². The molecule has 6 heteroatoms. The fourth-order valence-electron chi connectivity index (χ4n) is 0.705. The van der Waals surface area contributed by atoms with Crippen molar-refractivity contribution in [2.75, 3.05) is 0 Å². The fourth-order valence-corrected chi connectivity index (χ4v) is 0.705. The first-order valence-electron chi connectivity index (χ1n) is 5.12. The Kier molecular flexibility index (Phi) is 8.77. The van der Waals surface area contributed by atoms with Gasteiger partial charge in [0.15, 0.2) is 0 Å². The Labute approximate surface area is 99.6 Å². The number of aliphatic carboxylic acids is 2. The normalized spacial score (nSPS) is 9.53. The van der Waals surface area contributed by atoms with E-state index in [0.717, 1.165) is 0 Å². The number of carbonyl (C=O) groups is 4. The lowest BCUT2D eigenvalue weighted by atomic mass is 10.1. The maximum Gasteiger partial charge on any atom is 0.372 e. The summed E-state index contributed by atoms with van der Waals surface area (Å²) in [6.45, 7) is 6.72. The van der Waals surface area contributed by atoms with Crippen molar-refractivity contribution in [1.82, 2.24) is 0 Å². The van der Waals surface area contributed by atoms with Crippen LogP contribution in [0.3, 0.4) is 0 Å². The highest BCUT2D eigenvalue weighted by molar-refractivity contribution is 6.33. The molecule has 0 aromatic heterocycles. The molecule has 0 unspecified atom stereocenters. The molecule has 0 rings (SSSR count). The van der Waals surface area contributed by atoms with Crippen molar-refractivity contribution < 1.29 is 29.4 Å².